The molecule has 1 saturated carbocycles. The molecule has 1 aromatic rings. The standard InChI is InChI=1S/C19H25FN2O4/c20-14-7-3-12(4-8-14)17(16-2-1-11-26-16)22-19(25)21-15-9-5-13(6-10-15)18(23)24/h3-4,7-8,13,15-17H,1-2,5-6,9-11H2,(H,23,24)(H2,21,22,25). The van der Waals surface area contributed by atoms with Gasteiger partial charge in [-0.2, -0.15) is 0 Å². The van der Waals surface area contributed by atoms with Gasteiger partial charge in [0, 0.05) is 12.6 Å². The van der Waals surface area contributed by atoms with Crippen molar-refractivity contribution in [2.45, 2.75) is 56.7 Å². The van der Waals surface area contributed by atoms with Crippen molar-refractivity contribution in [1.29, 1.82) is 0 Å². The number of carbonyl (C=O) groups is 2. The van der Waals surface area contributed by atoms with Gasteiger partial charge in [0.1, 0.15) is 5.82 Å². The summed E-state index contributed by atoms with van der Waals surface area (Å²) in [6, 6.07) is 5.43. The average Bonchev–Trinajstić information content (AvgIpc) is 3.15. The van der Waals surface area contributed by atoms with Crippen LogP contribution in [0, 0.1) is 11.7 Å². The molecule has 2 fully saturated rings. The smallest absolute Gasteiger partial charge is 0.315 e. The summed E-state index contributed by atoms with van der Waals surface area (Å²) < 4.78 is 18.9. The van der Waals surface area contributed by atoms with E-state index in [0.717, 1.165) is 18.4 Å². The molecule has 0 spiro atoms. The fraction of sp³-hybridized carbons (Fsp3) is 0.579. The molecule has 0 aromatic heterocycles. The molecule has 0 radical (unpaired) electrons. The summed E-state index contributed by atoms with van der Waals surface area (Å²) in [7, 11) is 0. The number of nitrogens with one attached hydrogen (secondary N) is 2. The molecule has 2 aliphatic rings. The van der Waals surface area contributed by atoms with Crippen LogP contribution in [0.1, 0.15) is 50.1 Å². The molecule has 1 heterocycles. The number of halogens is 1. The van der Waals surface area contributed by atoms with Gasteiger partial charge in [-0.25, -0.2) is 9.18 Å². The third kappa shape index (κ3) is 4.72. The van der Waals surface area contributed by atoms with E-state index >= 15 is 0 Å². The highest BCUT2D eigenvalue weighted by Crippen LogP contribution is 2.28. The lowest BCUT2D eigenvalue weighted by Gasteiger charge is -2.29. The zero-order valence-corrected chi connectivity index (χ0v) is 14.6. The zero-order valence-electron chi connectivity index (χ0n) is 14.6. The quantitative estimate of drug-likeness (QED) is 0.749. The Morgan fingerprint density at radius 3 is 2.38 bits per heavy atom. The van der Waals surface area contributed by atoms with Crippen molar-refractivity contribution in [3.05, 3.63) is 35.6 Å². The minimum atomic E-state index is -0.761. The Balaban J connectivity index is 1.59. The molecule has 2 amide bonds. The number of carboxylic acid groups (broad SMARTS) is 1. The van der Waals surface area contributed by atoms with Crippen molar-refractivity contribution in [2.75, 3.05) is 6.61 Å². The summed E-state index contributed by atoms with van der Waals surface area (Å²) in [5.41, 5.74) is 0.808. The number of urea groups is 1. The number of rotatable bonds is 5. The molecule has 3 N–H and O–H groups in total. The maximum Gasteiger partial charge on any atom is 0.315 e. The van der Waals surface area contributed by atoms with Gasteiger partial charge in [-0.05, 0) is 56.2 Å². The van der Waals surface area contributed by atoms with E-state index in [9.17, 15) is 14.0 Å². The largest absolute Gasteiger partial charge is 0.481 e. The van der Waals surface area contributed by atoms with Crippen LogP contribution in [0.15, 0.2) is 24.3 Å². The first-order valence-corrected chi connectivity index (χ1v) is 9.20. The van der Waals surface area contributed by atoms with Crippen LogP contribution in [0.5, 0.6) is 0 Å². The SMILES string of the molecule is O=C(NC1CCC(C(=O)O)CC1)NC(c1ccc(F)cc1)C1CCCO1. The number of carboxylic acids is 1. The van der Waals surface area contributed by atoms with Gasteiger partial charge in [0.05, 0.1) is 18.1 Å². The van der Waals surface area contributed by atoms with E-state index in [1.54, 1.807) is 12.1 Å². The maximum atomic E-state index is 13.2. The topological polar surface area (TPSA) is 87.7 Å². The molecule has 1 aliphatic heterocycles. The molecule has 3 rings (SSSR count). The van der Waals surface area contributed by atoms with Crippen molar-refractivity contribution >= 4 is 12.0 Å². The minimum absolute atomic E-state index is 0.0241. The highest BCUT2D eigenvalue weighted by atomic mass is 19.1. The Morgan fingerprint density at radius 1 is 1.12 bits per heavy atom. The highest BCUT2D eigenvalue weighted by molar-refractivity contribution is 5.75. The Morgan fingerprint density at radius 2 is 1.81 bits per heavy atom. The third-order valence-electron chi connectivity index (χ3n) is 5.26. The normalized spacial score (nSPS) is 26.9. The summed E-state index contributed by atoms with van der Waals surface area (Å²) >= 11 is 0. The number of amides is 2. The number of carbonyl (C=O) groups excluding carboxylic acids is 1. The van der Waals surface area contributed by atoms with Gasteiger partial charge >= 0.3 is 12.0 Å². The Labute approximate surface area is 152 Å². The van der Waals surface area contributed by atoms with E-state index in [4.69, 9.17) is 9.84 Å². The van der Waals surface area contributed by atoms with Gasteiger partial charge < -0.3 is 20.5 Å². The van der Waals surface area contributed by atoms with Gasteiger partial charge in [-0.15, -0.1) is 0 Å². The molecule has 7 heteroatoms. The summed E-state index contributed by atoms with van der Waals surface area (Å²) in [6.07, 6.45) is 4.11. The molecule has 2 unspecified atom stereocenters. The first-order valence-electron chi connectivity index (χ1n) is 9.20. The van der Waals surface area contributed by atoms with E-state index in [0.29, 0.717) is 32.3 Å². The lowest BCUT2D eigenvalue weighted by atomic mass is 9.86. The van der Waals surface area contributed by atoms with Crippen LogP contribution >= 0.6 is 0 Å². The van der Waals surface area contributed by atoms with Crippen LogP contribution in [-0.2, 0) is 9.53 Å². The van der Waals surface area contributed by atoms with Crippen molar-refractivity contribution in [1.82, 2.24) is 10.6 Å². The van der Waals surface area contributed by atoms with Crippen LogP contribution < -0.4 is 10.6 Å². The van der Waals surface area contributed by atoms with E-state index in [1.807, 2.05) is 0 Å². The number of benzene rings is 1. The van der Waals surface area contributed by atoms with Crippen molar-refractivity contribution < 1.29 is 23.8 Å². The predicted octanol–water partition coefficient (Wildman–Crippen LogP) is 2.99. The van der Waals surface area contributed by atoms with Crippen molar-refractivity contribution in [3.63, 3.8) is 0 Å². The Hall–Kier alpha value is -2.15. The van der Waals surface area contributed by atoms with E-state index in [1.165, 1.54) is 12.1 Å². The van der Waals surface area contributed by atoms with Crippen LogP contribution in [0.3, 0.4) is 0 Å². The lowest BCUT2D eigenvalue weighted by molar-refractivity contribution is -0.142. The molecular weight excluding hydrogens is 339 g/mol. The van der Waals surface area contributed by atoms with Gasteiger partial charge in [0.25, 0.3) is 0 Å². The second-order valence-electron chi connectivity index (χ2n) is 7.09. The van der Waals surface area contributed by atoms with E-state index in [-0.39, 0.29) is 36.0 Å². The molecule has 1 aliphatic carbocycles. The molecule has 26 heavy (non-hydrogen) atoms. The second-order valence-corrected chi connectivity index (χ2v) is 7.09. The molecule has 1 aromatic carbocycles. The number of ether oxygens (including phenoxy) is 1. The average molecular weight is 364 g/mol. The van der Waals surface area contributed by atoms with Gasteiger partial charge in [0.2, 0.25) is 0 Å². The monoisotopic (exact) mass is 364 g/mol. The summed E-state index contributed by atoms with van der Waals surface area (Å²) in [5, 5.41) is 15.0. The third-order valence-corrected chi connectivity index (χ3v) is 5.26. The van der Waals surface area contributed by atoms with Gasteiger partial charge in [0.15, 0.2) is 0 Å². The second kappa shape index (κ2) is 8.49. The molecule has 142 valence electrons. The molecular formula is C19H25FN2O4. The summed E-state index contributed by atoms with van der Waals surface area (Å²) in [4.78, 5) is 23.5. The van der Waals surface area contributed by atoms with Crippen LogP contribution in [0.25, 0.3) is 0 Å². The van der Waals surface area contributed by atoms with E-state index < -0.39 is 5.97 Å². The molecule has 0 bridgehead atoms. The van der Waals surface area contributed by atoms with Crippen LogP contribution in [0.2, 0.25) is 0 Å². The summed E-state index contributed by atoms with van der Waals surface area (Å²) in [5.74, 6) is -1.39. The minimum Gasteiger partial charge on any atom is -0.481 e. The number of hydrogen-bond donors (Lipinski definition) is 3. The Bertz CT molecular complexity index is 623. The first kappa shape index (κ1) is 18.6. The fourth-order valence-electron chi connectivity index (χ4n) is 3.78. The van der Waals surface area contributed by atoms with Gasteiger partial charge in [-0.1, -0.05) is 12.1 Å². The zero-order chi connectivity index (χ0) is 18.5. The number of aliphatic carboxylic acids is 1. The first-order chi connectivity index (χ1) is 12.5. The maximum absolute atomic E-state index is 13.2. The fourth-order valence-corrected chi connectivity index (χ4v) is 3.78. The lowest BCUT2D eigenvalue weighted by Crippen LogP contribution is -2.47. The van der Waals surface area contributed by atoms with Gasteiger partial charge in [-0.3, -0.25) is 4.79 Å². The molecule has 1 saturated heterocycles. The predicted molar refractivity (Wildman–Crippen MR) is 93.2 cm³/mol. The van der Waals surface area contributed by atoms with Crippen LogP contribution in [-0.4, -0.2) is 35.9 Å². The summed E-state index contributed by atoms with van der Waals surface area (Å²) in [6.45, 7) is 0.658. The highest BCUT2D eigenvalue weighted by Gasteiger charge is 2.31. The molecule has 2 atom stereocenters. The van der Waals surface area contributed by atoms with Crippen molar-refractivity contribution in [3.8, 4) is 0 Å². The van der Waals surface area contributed by atoms with Crippen LogP contribution in [0.4, 0.5) is 9.18 Å². The van der Waals surface area contributed by atoms with E-state index in [2.05, 4.69) is 10.6 Å². The molecule has 6 nitrogen and oxygen atoms in total. The number of hydrogen-bond acceptors (Lipinski definition) is 3. The Kier molecular flexibility index (Phi) is 6.08. The van der Waals surface area contributed by atoms with Crippen molar-refractivity contribution in [2.24, 2.45) is 5.92 Å².